The van der Waals surface area contributed by atoms with Gasteiger partial charge < -0.3 is 19.9 Å². The Morgan fingerprint density at radius 1 is 1.22 bits per heavy atom. The van der Waals surface area contributed by atoms with Crippen LogP contribution in [0.3, 0.4) is 0 Å². The fourth-order valence-corrected chi connectivity index (χ4v) is 5.41. The second kappa shape index (κ2) is 9.63. The molecule has 2 atom stereocenters. The second-order valence-electron chi connectivity index (χ2n) is 9.63. The minimum Gasteiger partial charge on any atom is -0.465 e. The van der Waals surface area contributed by atoms with Crippen molar-refractivity contribution in [2.45, 2.75) is 64.7 Å². The summed E-state index contributed by atoms with van der Waals surface area (Å²) in [6.45, 7) is 5.24. The molecule has 11 nitrogen and oxygen atoms in total. The van der Waals surface area contributed by atoms with E-state index in [1.54, 1.807) is 11.1 Å². The number of likely N-dealkylation sites (tertiary alicyclic amines) is 1. The Morgan fingerprint density at radius 3 is 2.78 bits per heavy atom. The van der Waals surface area contributed by atoms with Crippen molar-refractivity contribution in [3.05, 3.63) is 42.0 Å². The van der Waals surface area contributed by atoms with Gasteiger partial charge in [-0.2, -0.15) is 5.10 Å². The molecule has 0 unspecified atom stereocenters. The zero-order valence-corrected chi connectivity index (χ0v) is 20.6. The molecule has 4 heterocycles. The fourth-order valence-electron chi connectivity index (χ4n) is 5.41. The van der Waals surface area contributed by atoms with Crippen molar-refractivity contribution in [3.8, 4) is 0 Å². The van der Waals surface area contributed by atoms with Gasteiger partial charge in [-0.3, -0.25) is 19.2 Å². The van der Waals surface area contributed by atoms with E-state index in [9.17, 15) is 19.5 Å². The lowest BCUT2D eigenvalue weighted by atomic mass is 9.96. The lowest BCUT2D eigenvalue weighted by Gasteiger charge is -2.33. The van der Waals surface area contributed by atoms with Gasteiger partial charge in [-0.25, -0.2) is 9.78 Å². The maximum Gasteiger partial charge on any atom is 0.412 e. The topological polar surface area (TPSA) is 126 Å². The third kappa shape index (κ3) is 4.52. The number of aromatic nitrogens is 4. The second-order valence-corrected chi connectivity index (χ2v) is 9.63. The van der Waals surface area contributed by atoms with Gasteiger partial charge in [0.25, 0.3) is 0 Å². The van der Waals surface area contributed by atoms with Crippen LogP contribution in [-0.2, 0) is 35.5 Å². The molecule has 0 bridgehead atoms. The van der Waals surface area contributed by atoms with Gasteiger partial charge in [-0.15, -0.1) is 0 Å². The first kappa shape index (κ1) is 23.8. The summed E-state index contributed by atoms with van der Waals surface area (Å²) in [5.41, 5.74) is 3.16. The molecule has 2 aliphatic rings. The van der Waals surface area contributed by atoms with E-state index in [1.165, 1.54) is 11.8 Å². The summed E-state index contributed by atoms with van der Waals surface area (Å²) in [4.78, 5) is 44.9. The summed E-state index contributed by atoms with van der Waals surface area (Å²) in [5, 5.41) is 17.0. The number of hydrogen-bond donors (Lipinski definition) is 2. The molecule has 0 radical (unpaired) electrons. The zero-order valence-electron chi connectivity index (χ0n) is 20.6. The van der Waals surface area contributed by atoms with Gasteiger partial charge in [-0.05, 0) is 44.4 Å². The molecular weight excluding hydrogens is 462 g/mol. The minimum absolute atomic E-state index is 0.0266. The predicted molar refractivity (Wildman–Crippen MR) is 133 cm³/mol. The average Bonchev–Trinajstić information content (AvgIpc) is 3.57. The number of amides is 3. The first-order valence-electron chi connectivity index (χ1n) is 12.4. The molecule has 0 saturated carbocycles. The molecule has 11 heteroatoms. The van der Waals surface area contributed by atoms with Gasteiger partial charge in [0.2, 0.25) is 11.8 Å². The number of hydrogen-bond acceptors (Lipinski definition) is 5. The monoisotopic (exact) mass is 493 g/mol. The predicted octanol–water partition coefficient (Wildman–Crippen LogP) is 2.03. The molecule has 5 rings (SSSR count). The lowest BCUT2D eigenvalue weighted by molar-refractivity contribution is -0.131. The number of anilines is 1. The number of benzene rings is 1. The highest BCUT2D eigenvalue weighted by atomic mass is 16.4. The molecule has 2 N–H and O–H groups in total. The van der Waals surface area contributed by atoms with Crippen LogP contribution >= 0.6 is 0 Å². The van der Waals surface area contributed by atoms with E-state index in [0.717, 1.165) is 35.3 Å². The van der Waals surface area contributed by atoms with Gasteiger partial charge in [0.05, 0.1) is 16.7 Å². The van der Waals surface area contributed by atoms with Gasteiger partial charge >= 0.3 is 6.09 Å². The number of carbonyl (C=O) groups excluding carboxylic acids is 2. The lowest BCUT2D eigenvalue weighted by Crippen LogP contribution is -2.41. The Balaban J connectivity index is 1.48. The fraction of sp³-hybridized carbons (Fsp3) is 0.480. The smallest absolute Gasteiger partial charge is 0.412 e. The molecule has 1 aromatic carbocycles. The normalized spacial score (nSPS) is 19.5. The van der Waals surface area contributed by atoms with Crippen LogP contribution in [0.4, 0.5) is 10.5 Å². The molecule has 0 spiro atoms. The summed E-state index contributed by atoms with van der Waals surface area (Å²) < 4.78 is 3.78. The van der Waals surface area contributed by atoms with Crippen LogP contribution in [0.15, 0.2) is 30.6 Å². The SMILES string of the molecule is CC(=O)N[C@H]1CCN(C(=O)Cn2c(CCn3cccn3)nc3c4c(ccc32)N(C(=O)O)[C@@H](C)CC4)C1. The number of imidazole rings is 1. The van der Waals surface area contributed by atoms with Crippen molar-refractivity contribution < 1.29 is 19.5 Å². The van der Waals surface area contributed by atoms with Crippen molar-refractivity contribution in [2.24, 2.45) is 0 Å². The number of fused-ring (bicyclic) bond motifs is 3. The Morgan fingerprint density at radius 2 is 2.06 bits per heavy atom. The van der Waals surface area contributed by atoms with Crippen molar-refractivity contribution >= 4 is 34.6 Å². The number of rotatable bonds is 6. The summed E-state index contributed by atoms with van der Waals surface area (Å²) in [5.74, 6) is 0.645. The number of carbonyl (C=O) groups is 3. The van der Waals surface area contributed by atoms with Gasteiger partial charge in [0.15, 0.2) is 0 Å². The summed E-state index contributed by atoms with van der Waals surface area (Å²) >= 11 is 0. The Bertz CT molecular complexity index is 1300. The summed E-state index contributed by atoms with van der Waals surface area (Å²) in [6.07, 6.45) is 5.39. The summed E-state index contributed by atoms with van der Waals surface area (Å²) in [6, 6.07) is 5.44. The standard InChI is InChI=1S/C25H31N7O4/c1-16-4-5-19-20(32(16)25(35)36)6-7-21-24(19)28-22(9-13-30-11-3-10-26-30)31(21)15-23(34)29-12-8-18(14-29)27-17(2)33/h3,6-7,10-11,16,18H,4-5,8-9,12-15H2,1-2H3,(H,27,33)(H,35,36)/t16-,18-/m0/s1. The molecule has 36 heavy (non-hydrogen) atoms. The van der Waals surface area contributed by atoms with Gasteiger partial charge in [0, 0.05) is 63.0 Å². The molecule has 3 aromatic rings. The van der Waals surface area contributed by atoms with E-state index < -0.39 is 6.09 Å². The number of aryl methyl sites for hydroxylation is 3. The number of nitrogens with one attached hydrogen (secondary N) is 1. The Kier molecular flexibility index (Phi) is 6.38. The highest BCUT2D eigenvalue weighted by Crippen LogP contribution is 2.36. The largest absolute Gasteiger partial charge is 0.465 e. The molecule has 190 valence electrons. The Hall–Kier alpha value is -3.89. The summed E-state index contributed by atoms with van der Waals surface area (Å²) in [7, 11) is 0. The van der Waals surface area contributed by atoms with Crippen molar-refractivity contribution in [3.63, 3.8) is 0 Å². The third-order valence-electron chi connectivity index (χ3n) is 7.16. The van der Waals surface area contributed by atoms with E-state index in [0.29, 0.717) is 38.2 Å². The van der Waals surface area contributed by atoms with Gasteiger partial charge in [0.1, 0.15) is 12.4 Å². The molecule has 1 fully saturated rings. The molecule has 2 aliphatic heterocycles. The van der Waals surface area contributed by atoms with E-state index >= 15 is 0 Å². The van der Waals surface area contributed by atoms with E-state index in [1.807, 2.05) is 40.6 Å². The molecule has 1 saturated heterocycles. The quantitative estimate of drug-likeness (QED) is 0.541. The van der Waals surface area contributed by atoms with E-state index in [2.05, 4.69) is 10.4 Å². The van der Waals surface area contributed by atoms with Crippen LogP contribution < -0.4 is 10.2 Å². The third-order valence-corrected chi connectivity index (χ3v) is 7.16. The Labute approximate surface area is 208 Å². The van der Waals surface area contributed by atoms with Crippen LogP contribution in [0.25, 0.3) is 11.0 Å². The molecule has 3 amide bonds. The van der Waals surface area contributed by atoms with Crippen molar-refractivity contribution in [1.82, 2.24) is 29.5 Å². The maximum atomic E-state index is 13.3. The van der Waals surface area contributed by atoms with Crippen LogP contribution in [0.5, 0.6) is 0 Å². The highest BCUT2D eigenvalue weighted by molar-refractivity contribution is 5.95. The zero-order chi connectivity index (χ0) is 25.4. The van der Waals surface area contributed by atoms with Crippen LogP contribution in [0.2, 0.25) is 0 Å². The van der Waals surface area contributed by atoms with Crippen LogP contribution in [0.1, 0.15) is 38.1 Å². The van der Waals surface area contributed by atoms with E-state index in [-0.39, 0.29) is 30.4 Å². The van der Waals surface area contributed by atoms with Gasteiger partial charge in [-0.1, -0.05) is 0 Å². The first-order chi connectivity index (χ1) is 17.3. The first-order valence-corrected chi connectivity index (χ1v) is 12.4. The molecule has 2 aromatic heterocycles. The minimum atomic E-state index is -0.973. The van der Waals surface area contributed by atoms with Crippen LogP contribution in [0, 0.1) is 0 Å². The van der Waals surface area contributed by atoms with Crippen molar-refractivity contribution in [2.75, 3.05) is 18.0 Å². The maximum absolute atomic E-state index is 13.3. The number of carboxylic acid groups (broad SMARTS) is 1. The average molecular weight is 494 g/mol. The van der Waals surface area contributed by atoms with Crippen LogP contribution in [-0.4, -0.2) is 72.4 Å². The number of nitrogens with zero attached hydrogens (tertiary/aromatic N) is 6. The highest BCUT2D eigenvalue weighted by Gasteiger charge is 2.32. The van der Waals surface area contributed by atoms with E-state index in [4.69, 9.17) is 4.98 Å². The molecule has 0 aliphatic carbocycles. The molecular formula is C25H31N7O4. The van der Waals surface area contributed by atoms with Crippen molar-refractivity contribution in [1.29, 1.82) is 0 Å².